The number of hydrogen-bond acceptors (Lipinski definition) is 5. The van der Waals surface area contributed by atoms with Crippen molar-refractivity contribution < 1.29 is 36.6 Å². The predicted molar refractivity (Wildman–Crippen MR) is 117 cm³/mol. The number of aryl methyl sites for hydroxylation is 1. The Morgan fingerprint density at radius 1 is 1.22 bits per heavy atom. The third kappa shape index (κ3) is 4.62. The number of aromatic nitrogens is 3. The zero-order chi connectivity index (χ0) is 26.4. The number of benzene rings is 1. The van der Waals surface area contributed by atoms with Crippen LogP contribution in [0.15, 0.2) is 35.5 Å². The lowest BCUT2D eigenvalue weighted by atomic mass is 10.1. The monoisotopic (exact) mass is 512 g/mol. The number of nitrogens with zero attached hydrogens (tertiary/aromatic N) is 4. The molecule has 13 heteroatoms. The largest absolute Gasteiger partial charge is 0.465 e. The van der Waals surface area contributed by atoms with Gasteiger partial charge in [-0.15, -0.1) is 0 Å². The van der Waals surface area contributed by atoms with Crippen LogP contribution in [0.4, 0.5) is 26.7 Å². The van der Waals surface area contributed by atoms with E-state index in [4.69, 9.17) is 4.74 Å². The van der Waals surface area contributed by atoms with E-state index in [9.17, 15) is 36.6 Å². The van der Waals surface area contributed by atoms with Crippen LogP contribution >= 0.6 is 0 Å². The van der Waals surface area contributed by atoms with Gasteiger partial charge in [0.2, 0.25) is 0 Å². The first kappa shape index (κ1) is 25.5. The van der Waals surface area contributed by atoms with Gasteiger partial charge < -0.3 is 14.4 Å². The number of rotatable bonds is 5. The molecule has 1 atom stereocenters. The number of hydrogen-bond donors (Lipinski definition) is 1. The van der Waals surface area contributed by atoms with Crippen molar-refractivity contribution in [1.29, 1.82) is 0 Å². The molecule has 2 aromatic heterocycles. The highest BCUT2D eigenvalue weighted by atomic mass is 19.4. The van der Waals surface area contributed by atoms with E-state index in [-0.39, 0.29) is 18.5 Å². The average Bonchev–Trinajstić information content (AvgIpc) is 3.11. The number of amides is 1. The molecule has 1 aromatic carbocycles. The summed E-state index contributed by atoms with van der Waals surface area (Å²) in [6, 6.07) is 2.05. The van der Waals surface area contributed by atoms with Crippen molar-refractivity contribution in [3.63, 3.8) is 0 Å². The van der Waals surface area contributed by atoms with E-state index >= 15 is 0 Å². The molecule has 192 valence electrons. The fourth-order valence-corrected chi connectivity index (χ4v) is 4.31. The smallest absolute Gasteiger partial charge is 0.419 e. The van der Waals surface area contributed by atoms with Crippen molar-refractivity contribution >= 4 is 16.9 Å². The van der Waals surface area contributed by atoms with E-state index < -0.39 is 63.6 Å². The van der Waals surface area contributed by atoms with Gasteiger partial charge >= 0.3 is 12.3 Å². The topological polar surface area (TPSA) is 97.5 Å². The minimum absolute atomic E-state index is 0.0247. The summed E-state index contributed by atoms with van der Waals surface area (Å²) in [5.74, 6) is -3.39. The van der Waals surface area contributed by atoms with Crippen molar-refractivity contribution in [3.05, 3.63) is 58.3 Å². The number of carboxylic acid groups (broad SMARTS) is 1. The Balaban J connectivity index is 1.58. The van der Waals surface area contributed by atoms with Gasteiger partial charge in [0.1, 0.15) is 5.72 Å². The zero-order valence-electron chi connectivity index (χ0n) is 19.1. The Hall–Kier alpha value is -3.61. The van der Waals surface area contributed by atoms with Gasteiger partial charge in [-0.3, -0.25) is 9.69 Å². The summed E-state index contributed by atoms with van der Waals surface area (Å²) in [4.78, 5) is 32.6. The molecule has 3 aromatic rings. The van der Waals surface area contributed by atoms with E-state index in [1.165, 1.54) is 21.7 Å². The van der Waals surface area contributed by atoms with Crippen LogP contribution in [-0.4, -0.2) is 49.0 Å². The molecule has 0 bridgehead atoms. The molecule has 36 heavy (non-hydrogen) atoms. The van der Waals surface area contributed by atoms with E-state index in [0.29, 0.717) is 25.2 Å². The number of halogens is 5. The van der Waals surface area contributed by atoms with Crippen LogP contribution in [0.1, 0.15) is 32.3 Å². The summed E-state index contributed by atoms with van der Waals surface area (Å²) in [5, 5.41) is 8.96. The SMILES string of the molecule is CC1(C)OC[C@@H](CCCn2ccc3cc(-c4ncc(C(F)(F)F)cn4)c(F)c(F)c3c2=O)N1C(=O)O. The summed E-state index contributed by atoms with van der Waals surface area (Å²) in [6.07, 6.45) is -2.78. The minimum Gasteiger partial charge on any atom is -0.465 e. The maximum atomic E-state index is 14.9. The van der Waals surface area contributed by atoms with Crippen molar-refractivity contribution in [3.8, 4) is 11.4 Å². The first-order valence-corrected chi connectivity index (χ1v) is 10.9. The fraction of sp³-hybridized carbons (Fsp3) is 0.391. The Kier molecular flexibility index (Phi) is 6.45. The first-order valence-electron chi connectivity index (χ1n) is 10.9. The van der Waals surface area contributed by atoms with Crippen molar-refractivity contribution in [1.82, 2.24) is 19.4 Å². The van der Waals surface area contributed by atoms with Gasteiger partial charge in [0.15, 0.2) is 17.5 Å². The average molecular weight is 512 g/mol. The van der Waals surface area contributed by atoms with Crippen LogP contribution < -0.4 is 5.56 Å². The van der Waals surface area contributed by atoms with E-state index in [1.54, 1.807) is 13.8 Å². The Morgan fingerprint density at radius 2 is 1.89 bits per heavy atom. The molecule has 1 aliphatic rings. The molecule has 0 unspecified atom stereocenters. The molecule has 1 fully saturated rings. The lowest BCUT2D eigenvalue weighted by molar-refractivity contribution is -0.138. The number of carbonyl (C=O) groups is 1. The van der Waals surface area contributed by atoms with Crippen molar-refractivity contribution in [2.45, 2.75) is 51.2 Å². The minimum atomic E-state index is -4.69. The van der Waals surface area contributed by atoms with E-state index in [2.05, 4.69) is 9.97 Å². The van der Waals surface area contributed by atoms with E-state index in [1.807, 2.05) is 0 Å². The Morgan fingerprint density at radius 3 is 2.50 bits per heavy atom. The second-order valence-corrected chi connectivity index (χ2v) is 8.83. The summed E-state index contributed by atoms with van der Waals surface area (Å²) in [5.41, 5.74) is -3.41. The van der Waals surface area contributed by atoms with Crippen LogP contribution in [0.3, 0.4) is 0 Å². The van der Waals surface area contributed by atoms with Gasteiger partial charge in [-0.25, -0.2) is 23.5 Å². The Labute approximate surface area is 201 Å². The second kappa shape index (κ2) is 9.12. The van der Waals surface area contributed by atoms with Crippen LogP contribution in [0.2, 0.25) is 0 Å². The van der Waals surface area contributed by atoms with Gasteiger partial charge in [-0.05, 0) is 44.2 Å². The van der Waals surface area contributed by atoms with Gasteiger partial charge in [-0.1, -0.05) is 0 Å². The third-order valence-corrected chi connectivity index (χ3v) is 6.08. The molecular formula is C23H21F5N4O4. The lowest BCUT2D eigenvalue weighted by Crippen LogP contribution is -2.47. The summed E-state index contributed by atoms with van der Waals surface area (Å²) in [7, 11) is 0. The van der Waals surface area contributed by atoms with Gasteiger partial charge in [0.05, 0.1) is 29.2 Å². The maximum Gasteiger partial charge on any atom is 0.419 e. The molecule has 1 saturated heterocycles. The molecule has 4 rings (SSSR count). The molecule has 0 spiro atoms. The van der Waals surface area contributed by atoms with Gasteiger partial charge in [-0.2, -0.15) is 13.2 Å². The summed E-state index contributed by atoms with van der Waals surface area (Å²) in [6.45, 7) is 3.58. The number of fused-ring (bicyclic) bond motifs is 1. The molecule has 1 aliphatic heterocycles. The summed E-state index contributed by atoms with van der Waals surface area (Å²) < 4.78 is 74.7. The maximum absolute atomic E-state index is 14.9. The molecule has 1 N–H and O–H groups in total. The van der Waals surface area contributed by atoms with Crippen LogP contribution in [0, 0.1) is 11.6 Å². The molecule has 0 saturated carbocycles. The second-order valence-electron chi connectivity index (χ2n) is 8.83. The van der Waals surface area contributed by atoms with Crippen molar-refractivity contribution in [2.75, 3.05) is 6.61 Å². The molecule has 0 radical (unpaired) electrons. The highest BCUT2D eigenvalue weighted by Gasteiger charge is 2.43. The zero-order valence-corrected chi connectivity index (χ0v) is 19.1. The Bertz CT molecular complexity index is 1370. The molecular weight excluding hydrogens is 491 g/mol. The van der Waals surface area contributed by atoms with Gasteiger partial charge in [0.25, 0.3) is 5.56 Å². The first-order chi connectivity index (χ1) is 16.8. The summed E-state index contributed by atoms with van der Waals surface area (Å²) >= 11 is 0. The number of alkyl halides is 3. The highest BCUT2D eigenvalue weighted by Crippen LogP contribution is 2.32. The normalized spacial score (nSPS) is 17.6. The number of pyridine rings is 1. The highest BCUT2D eigenvalue weighted by molar-refractivity contribution is 5.86. The van der Waals surface area contributed by atoms with Crippen molar-refractivity contribution in [2.24, 2.45) is 0 Å². The van der Waals surface area contributed by atoms with Crippen LogP contribution in [0.5, 0.6) is 0 Å². The number of ether oxygens (including phenoxy) is 1. The third-order valence-electron chi connectivity index (χ3n) is 6.08. The van der Waals surface area contributed by atoms with E-state index in [0.717, 1.165) is 6.07 Å². The quantitative estimate of drug-likeness (QED) is 0.500. The van der Waals surface area contributed by atoms with Crippen LogP contribution in [0.25, 0.3) is 22.2 Å². The predicted octanol–water partition coefficient (Wildman–Crippen LogP) is 4.65. The fourth-order valence-electron chi connectivity index (χ4n) is 4.31. The standard InChI is InChI=1S/C23H21F5N4O4/c1-22(2)32(21(34)35)14(11-36-22)4-3-6-31-7-5-12-8-15(17(24)18(25)16(12)20(31)33)19-29-9-13(10-30-19)23(26,27)28/h5,7-10,14H,3-4,6,11H2,1-2H3,(H,34,35)/t14-/m1/s1. The van der Waals surface area contributed by atoms with Crippen LogP contribution in [-0.2, 0) is 17.5 Å². The van der Waals surface area contributed by atoms with Gasteiger partial charge in [0, 0.05) is 25.1 Å². The molecule has 0 aliphatic carbocycles. The molecule has 3 heterocycles. The lowest BCUT2D eigenvalue weighted by Gasteiger charge is -2.31. The molecule has 1 amide bonds. The molecule has 8 nitrogen and oxygen atoms in total.